The zero-order valence-corrected chi connectivity index (χ0v) is 20.2. The highest BCUT2D eigenvalue weighted by Gasteiger charge is 2.33. The molecule has 0 radical (unpaired) electrons. The van der Waals surface area contributed by atoms with Gasteiger partial charge in [-0.25, -0.2) is 12.7 Å². The third kappa shape index (κ3) is 6.35. The van der Waals surface area contributed by atoms with Gasteiger partial charge in [0.1, 0.15) is 0 Å². The van der Waals surface area contributed by atoms with Gasteiger partial charge in [-0.3, -0.25) is 9.59 Å². The van der Waals surface area contributed by atoms with Crippen molar-refractivity contribution < 1.29 is 18.0 Å². The molecule has 176 valence electrons. The lowest BCUT2D eigenvalue weighted by atomic mass is 9.98. The summed E-state index contributed by atoms with van der Waals surface area (Å²) in [5.41, 5.74) is 1.03. The molecule has 1 fully saturated rings. The predicted molar refractivity (Wildman–Crippen MR) is 131 cm³/mol. The molecule has 3 rings (SSSR count). The predicted octanol–water partition coefficient (Wildman–Crippen LogP) is 4.09. The number of rotatable bonds is 8. The number of amides is 2. The van der Waals surface area contributed by atoms with E-state index < -0.39 is 15.9 Å². The number of para-hydroxylation sites is 1. The Bertz CT molecular complexity index is 1130. The number of nitrogens with zero attached hydrogens (tertiary/aromatic N) is 1. The van der Waals surface area contributed by atoms with Gasteiger partial charge in [-0.15, -0.1) is 6.58 Å². The number of carbonyl (C=O) groups is 2. The lowest BCUT2D eigenvalue weighted by molar-refractivity contribution is -0.120. The second kappa shape index (κ2) is 11.2. The molecule has 0 bridgehead atoms. The van der Waals surface area contributed by atoms with Crippen molar-refractivity contribution in [1.82, 2.24) is 9.62 Å². The van der Waals surface area contributed by atoms with Crippen LogP contribution in [0.4, 0.5) is 5.69 Å². The van der Waals surface area contributed by atoms with E-state index in [-0.39, 0.29) is 34.2 Å². The van der Waals surface area contributed by atoms with Crippen LogP contribution in [0.3, 0.4) is 0 Å². The van der Waals surface area contributed by atoms with Crippen LogP contribution in [-0.2, 0) is 20.6 Å². The van der Waals surface area contributed by atoms with Gasteiger partial charge >= 0.3 is 0 Å². The topological polar surface area (TPSA) is 95.6 Å². The summed E-state index contributed by atoms with van der Waals surface area (Å²) in [5.74, 6) is -1.57. The first kappa shape index (κ1) is 25.2. The molecule has 1 atom stereocenters. The fraction of sp³-hybridized carbons (Fsp3) is 0.304. The van der Waals surface area contributed by atoms with Gasteiger partial charge < -0.3 is 10.6 Å². The SMILES string of the molecule is C=CCNC(=O)c1ccccc1NC(=O)C1CCCN(S(=O)(=O)Cc2c(Cl)cccc2Cl)C1. The van der Waals surface area contributed by atoms with Gasteiger partial charge in [-0.05, 0) is 37.1 Å². The first-order chi connectivity index (χ1) is 15.7. The Balaban J connectivity index is 1.71. The molecule has 2 N–H and O–H groups in total. The molecule has 1 unspecified atom stereocenters. The van der Waals surface area contributed by atoms with Gasteiger partial charge in [0.25, 0.3) is 5.91 Å². The highest BCUT2D eigenvalue weighted by atomic mass is 35.5. The number of sulfonamides is 1. The maximum absolute atomic E-state index is 13.0. The number of hydrogen-bond acceptors (Lipinski definition) is 4. The van der Waals surface area contributed by atoms with Gasteiger partial charge in [0.05, 0.1) is 22.9 Å². The normalized spacial score (nSPS) is 16.7. The molecular formula is C23H25Cl2N3O4S. The van der Waals surface area contributed by atoms with Crippen molar-refractivity contribution in [2.75, 3.05) is 25.0 Å². The molecule has 2 aromatic rings. The fourth-order valence-electron chi connectivity index (χ4n) is 3.64. The van der Waals surface area contributed by atoms with Crippen molar-refractivity contribution >= 4 is 50.7 Å². The van der Waals surface area contributed by atoms with Gasteiger partial charge in [0, 0.05) is 35.2 Å². The van der Waals surface area contributed by atoms with Crippen molar-refractivity contribution in [2.24, 2.45) is 5.92 Å². The number of benzene rings is 2. The number of carbonyl (C=O) groups excluding carboxylic acids is 2. The Labute approximate surface area is 203 Å². The molecule has 1 heterocycles. The van der Waals surface area contributed by atoms with Crippen molar-refractivity contribution in [3.05, 3.63) is 76.3 Å². The summed E-state index contributed by atoms with van der Waals surface area (Å²) in [6.45, 7) is 4.22. The van der Waals surface area contributed by atoms with E-state index >= 15 is 0 Å². The highest BCUT2D eigenvalue weighted by molar-refractivity contribution is 7.88. The summed E-state index contributed by atoms with van der Waals surface area (Å²) < 4.78 is 27.4. The van der Waals surface area contributed by atoms with Crippen LogP contribution in [0, 0.1) is 5.92 Å². The minimum atomic E-state index is -3.74. The summed E-state index contributed by atoms with van der Waals surface area (Å²) in [7, 11) is -3.74. The molecule has 1 aliphatic rings. The average Bonchev–Trinajstić information content (AvgIpc) is 2.80. The molecule has 7 nitrogen and oxygen atoms in total. The molecular weight excluding hydrogens is 485 g/mol. The Hall–Kier alpha value is -2.39. The second-order valence-corrected chi connectivity index (χ2v) is 10.5. The second-order valence-electron chi connectivity index (χ2n) is 7.69. The van der Waals surface area contributed by atoms with Gasteiger partial charge in [-0.2, -0.15) is 0 Å². The molecule has 33 heavy (non-hydrogen) atoms. The molecule has 0 aromatic heterocycles. The Morgan fingerprint density at radius 2 is 1.82 bits per heavy atom. The van der Waals surface area contributed by atoms with Crippen LogP contribution in [0.25, 0.3) is 0 Å². The van der Waals surface area contributed by atoms with Crippen molar-refractivity contribution in [3.63, 3.8) is 0 Å². The van der Waals surface area contributed by atoms with E-state index in [1.807, 2.05) is 0 Å². The Kier molecular flexibility index (Phi) is 8.53. The van der Waals surface area contributed by atoms with E-state index in [0.29, 0.717) is 42.7 Å². The quantitative estimate of drug-likeness (QED) is 0.523. The molecule has 2 aromatic carbocycles. The number of anilines is 1. The molecule has 1 saturated heterocycles. The fourth-order valence-corrected chi connectivity index (χ4v) is 6.00. The summed E-state index contributed by atoms with van der Waals surface area (Å²) in [6, 6.07) is 11.5. The number of hydrogen-bond donors (Lipinski definition) is 2. The van der Waals surface area contributed by atoms with Crippen LogP contribution >= 0.6 is 23.2 Å². The molecule has 1 aliphatic heterocycles. The number of piperidine rings is 1. The molecule has 0 spiro atoms. The lowest BCUT2D eigenvalue weighted by Crippen LogP contribution is -2.44. The van der Waals surface area contributed by atoms with Crippen molar-refractivity contribution in [3.8, 4) is 0 Å². The van der Waals surface area contributed by atoms with E-state index in [4.69, 9.17) is 23.2 Å². The maximum Gasteiger partial charge on any atom is 0.253 e. The average molecular weight is 510 g/mol. The Morgan fingerprint density at radius 3 is 2.52 bits per heavy atom. The van der Waals surface area contributed by atoms with Crippen LogP contribution in [0.15, 0.2) is 55.1 Å². The van der Waals surface area contributed by atoms with Crippen LogP contribution in [0.2, 0.25) is 10.0 Å². The van der Waals surface area contributed by atoms with Gasteiger partial charge in [0.15, 0.2) is 0 Å². The minimum absolute atomic E-state index is 0.0427. The van der Waals surface area contributed by atoms with Crippen molar-refractivity contribution in [2.45, 2.75) is 18.6 Å². The van der Waals surface area contributed by atoms with E-state index in [0.717, 1.165) is 0 Å². The minimum Gasteiger partial charge on any atom is -0.349 e. The van der Waals surface area contributed by atoms with Gasteiger partial charge in [0.2, 0.25) is 15.9 Å². The van der Waals surface area contributed by atoms with Crippen molar-refractivity contribution in [1.29, 1.82) is 0 Å². The maximum atomic E-state index is 13.0. The standard InChI is InChI=1S/C23H25Cl2N3O4S/c1-2-12-26-23(30)17-8-3-4-11-21(17)27-22(29)16-7-6-13-28(14-16)33(31,32)15-18-19(24)9-5-10-20(18)25/h2-5,8-11,16H,1,6-7,12-15H2,(H,26,30)(H,27,29). The third-order valence-electron chi connectivity index (χ3n) is 5.37. The van der Waals surface area contributed by atoms with E-state index in [1.54, 1.807) is 48.5 Å². The zero-order chi connectivity index (χ0) is 24.0. The van der Waals surface area contributed by atoms with Crippen LogP contribution in [0.1, 0.15) is 28.8 Å². The lowest BCUT2D eigenvalue weighted by Gasteiger charge is -2.31. The summed E-state index contributed by atoms with van der Waals surface area (Å²) in [6.07, 6.45) is 2.64. The highest BCUT2D eigenvalue weighted by Crippen LogP contribution is 2.29. The molecule has 10 heteroatoms. The summed E-state index contributed by atoms with van der Waals surface area (Å²) >= 11 is 12.3. The van der Waals surface area contributed by atoms with Crippen LogP contribution in [-0.4, -0.2) is 44.2 Å². The monoisotopic (exact) mass is 509 g/mol. The summed E-state index contributed by atoms with van der Waals surface area (Å²) in [4.78, 5) is 25.3. The first-order valence-corrected chi connectivity index (χ1v) is 12.8. The van der Waals surface area contributed by atoms with E-state index in [9.17, 15) is 18.0 Å². The van der Waals surface area contributed by atoms with E-state index in [2.05, 4.69) is 17.2 Å². The zero-order valence-electron chi connectivity index (χ0n) is 17.9. The molecule has 2 amide bonds. The summed E-state index contributed by atoms with van der Waals surface area (Å²) in [5, 5.41) is 6.03. The number of nitrogens with one attached hydrogen (secondary N) is 2. The third-order valence-corrected chi connectivity index (χ3v) is 7.85. The smallest absolute Gasteiger partial charge is 0.253 e. The van der Waals surface area contributed by atoms with E-state index in [1.165, 1.54) is 4.31 Å². The van der Waals surface area contributed by atoms with Crippen LogP contribution in [0.5, 0.6) is 0 Å². The first-order valence-electron chi connectivity index (χ1n) is 10.4. The molecule has 0 aliphatic carbocycles. The largest absolute Gasteiger partial charge is 0.349 e. The number of halogens is 2. The van der Waals surface area contributed by atoms with Crippen LogP contribution < -0.4 is 10.6 Å². The Morgan fingerprint density at radius 1 is 1.12 bits per heavy atom. The van der Waals surface area contributed by atoms with Gasteiger partial charge in [-0.1, -0.05) is 47.5 Å². The molecule has 0 saturated carbocycles.